The molecule has 0 bridgehead atoms. The number of halogens is 1. The summed E-state index contributed by atoms with van der Waals surface area (Å²) in [4.78, 5) is 4.77. The van der Waals surface area contributed by atoms with E-state index >= 15 is 0 Å². The van der Waals surface area contributed by atoms with E-state index in [-0.39, 0.29) is 0 Å². The molecule has 0 atom stereocenters. The van der Waals surface area contributed by atoms with Gasteiger partial charge in [-0.25, -0.2) is 0 Å². The van der Waals surface area contributed by atoms with Crippen molar-refractivity contribution in [3.63, 3.8) is 0 Å². The average Bonchev–Trinajstić information content (AvgIpc) is 1.97. The molecule has 0 aliphatic heterocycles. The lowest BCUT2D eigenvalue weighted by Gasteiger charge is -1.89. The highest BCUT2D eigenvalue weighted by molar-refractivity contribution is 6.25. The van der Waals surface area contributed by atoms with E-state index in [1.807, 2.05) is 0 Å². The van der Waals surface area contributed by atoms with Gasteiger partial charge < -0.3 is 4.84 Å². The van der Waals surface area contributed by atoms with Crippen molar-refractivity contribution < 1.29 is 4.84 Å². The van der Waals surface area contributed by atoms with E-state index in [0.717, 1.165) is 12.8 Å². The van der Waals surface area contributed by atoms with Crippen LogP contribution in [0.1, 0.15) is 19.8 Å². The zero-order valence-corrected chi connectivity index (χ0v) is 6.84. The molecule has 0 radical (unpaired) electrons. The van der Waals surface area contributed by atoms with Crippen molar-refractivity contribution in [3.05, 3.63) is 11.6 Å². The molecule has 0 aromatic carbocycles. The fourth-order valence-corrected chi connectivity index (χ4v) is 0.430. The minimum absolute atomic E-state index is 0.448. The van der Waals surface area contributed by atoms with Crippen molar-refractivity contribution in [2.45, 2.75) is 19.8 Å². The molecule has 0 aromatic heterocycles. The molecule has 0 aliphatic carbocycles. The predicted octanol–water partition coefficient (Wildman–Crippen LogP) is 2.54. The highest BCUT2D eigenvalue weighted by atomic mass is 35.5. The van der Waals surface area contributed by atoms with Gasteiger partial charge in [-0.1, -0.05) is 30.1 Å². The summed E-state index contributed by atoms with van der Waals surface area (Å²) in [7, 11) is 0. The van der Waals surface area contributed by atoms with Gasteiger partial charge in [0.2, 0.25) is 0 Å². The molecule has 2 nitrogen and oxygen atoms in total. The molecule has 3 heteroatoms. The molecule has 58 valence electrons. The molecule has 0 amide bonds. The molecule has 0 fully saturated rings. The lowest BCUT2D eigenvalue weighted by molar-refractivity contribution is 0.175. The van der Waals surface area contributed by atoms with Gasteiger partial charge in [-0.3, -0.25) is 0 Å². The lowest BCUT2D eigenvalue weighted by Crippen LogP contribution is -1.81. The number of unbranched alkanes of at least 4 members (excludes halogenated alkanes) is 1. The maximum Gasteiger partial charge on any atom is 0.136 e. The summed E-state index contributed by atoms with van der Waals surface area (Å²) >= 11 is 5.23. The highest BCUT2D eigenvalue weighted by Gasteiger charge is 1.74. The van der Waals surface area contributed by atoms with E-state index in [2.05, 4.69) is 12.1 Å². The number of rotatable bonds is 5. The molecular weight excluding hydrogens is 150 g/mol. The van der Waals surface area contributed by atoms with E-state index < -0.39 is 0 Å². The maximum atomic E-state index is 5.23. The van der Waals surface area contributed by atoms with Crippen LogP contribution in [-0.2, 0) is 4.84 Å². The third-order valence-corrected chi connectivity index (χ3v) is 1.00. The minimum Gasteiger partial charge on any atom is -0.392 e. The molecule has 0 aliphatic rings. The second-order valence-corrected chi connectivity index (χ2v) is 1.99. The van der Waals surface area contributed by atoms with Crippen LogP contribution in [0.3, 0.4) is 0 Å². The van der Waals surface area contributed by atoms with Crippen LogP contribution in [0, 0.1) is 0 Å². The first-order chi connectivity index (χ1) is 4.91. The van der Waals surface area contributed by atoms with Crippen LogP contribution >= 0.6 is 11.6 Å². The Morgan fingerprint density at radius 3 is 3.00 bits per heavy atom. The molecular formula is C7H12ClNO. The number of oxime groups is 1. The van der Waals surface area contributed by atoms with Crippen LogP contribution < -0.4 is 0 Å². The summed E-state index contributed by atoms with van der Waals surface area (Å²) < 4.78 is 0. The van der Waals surface area contributed by atoms with Gasteiger partial charge in [0.25, 0.3) is 0 Å². The molecule has 0 heterocycles. The van der Waals surface area contributed by atoms with E-state index in [1.165, 1.54) is 5.54 Å². The van der Waals surface area contributed by atoms with E-state index in [4.69, 9.17) is 16.4 Å². The molecule has 0 N–H and O–H groups in total. The number of hydrogen-bond acceptors (Lipinski definition) is 2. The lowest BCUT2D eigenvalue weighted by atomic mass is 10.4. The Labute approximate surface area is 66.5 Å². The second kappa shape index (κ2) is 8.50. The zero-order valence-electron chi connectivity index (χ0n) is 6.09. The normalized spacial score (nSPS) is 11.4. The van der Waals surface area contributed by atoms with Gasteiger partial charge in [0, 0.05) is 11.7 Å². The van der Waals surface area contributed by atoms with E-state index in [1.54, 1.807) is 12.3 Å². The Morgan fingerprint density at radius 1 is 1.60 bits per heavy atom. The maximum absolute atomic E-state index is 5.23. The summed E-state index contributed by atoms with van der Waals surface area (Å²) in [5.41, 5.74) is 1.41. The van der Waals surface area contributed by atoms with Crippen LogP contribution in [0.15, 0.2) is 16.8 Å². The molecule has 10 heavy (non-hydrogen) atoms. The Bertz CT molecular complexity index is 112. The van der Waals surface area contributed by atoms with Gasteiger partial charge >= 0.3 is 0 Å². The van der Waals surface area contributed by atoms with Gasteiger partial charge in [0.1, 0.15) is 6.61 Å². The quantitative estimate of drug-likeness (QED) is 0.345. The summed E-state index contributed by atoms with van der Waals surface area (Å²) in [6.45, 7) is 2.54. The topological polar surface area (TPSA) is 21.6 Å². The number of hydrogen-bond donors (Lipinski definition) is 0. The van der Waals surface area contributed by atoms with Crippen molar-refractivity contribution in [3.8, 4) is 0 Å². The van der Waals surface area contributed by atoms with Crippen molar-refractivity contribution in [2.24, 2.45) is 5.16 Å². The van der Waals surface area contributed by atoms with Crippen LogP contribution in [0.2, 0.25) is 0 Å². The van der Waals surface area contributed by atoms with Crippen molar-refractivity contribution in [1.82, 2.24) is 0 Å². The fourth-order valence-electron chi connectivity index (χ4n) is 0.357. The Kier molecular flexibility index (Phi) is 8.07. The van der Waals surface area contributed by atoms with Crippen LogP contribution in [0.4, 0.5) is 0 Å². The Hall–Kier alpha value is -0.500. The summed E-state index contributed by atoms with van der Waals surface area (Å²) in [5.74, 6) is 0. The largest absolute Gasteiger partial charge is 0.392 e. The van der Waals surface area contributed by atoms with Crippen molar-refractivity contribution >= 4 is 17.8 Å². The van der Waals surface area contributed by atoms with Crippen LogP contribution in [0.5, 0.6) is 0 Å². The summed E-state index contributed by atoms with van der Waals surface area (Å²) in [5, 5.41) is 3.66. The fraction of sp³-hybridized carbons (Fsp3) is 0.571. The smallest absolute Gasteiger partial charge is 0.136 e. The molecule has 0 saturated carbocycles. The molecule has 0 rings (SSSR count). The Balaban J connectivity index is 3.02. The second-order valence-electron chi connectivity index (χ2n) is 1.73. The summed E-state index contributed by atoms with van der Waals surface area (Å²) in [6.07, 6.45) is 5.50. The predicted molar refractivity (Wildman–Crippen MR) is 44.3 cm³/mol. The van der Waals surface area contributed by atoms with Gasteiger partial charge in [0.15, 0.2) is 0 Å². The number of nitrogens with zero attached hydrogens (tertiary/aromatic N) is 1. The third kappa shape index (κ3) is 7.50. The van der Waals surface area contributed by atoms with Crippen LogP contribution in [-0.4, -0.2) is 12.8 Å². The first-order valence-electron chi connectivity index (χ1n) is 3.30. The van der Waals surface area contributed by atoms with Crippen LogP contribution in [0.25, 0.3) is 0 Å². The summed E-state index contributed by atoms with van der Waals surface area (Å²) in [6, 6.07) is 0. The van der Waals surface area contributed by atoms with Crippen molar-refractivity contribution in [1.29, 1.82) is 0 Å². The van der Waals surface area contributed by atoms with E-state index in [0.29, 0.717) is 6.61 Å². The molecule has 0 aromatic rings. The van der Waals surface area contributed by atoms with Gasteiger partial charge in [-0.15, -0.1) is 0 Å². The SMILES string of the molecule is CCC/C=N/OC/C=C/Cl. The first-order valence-corrected chi connectivity index (χ1v) is 3.74. The molecule has 0 spiro atoms. The first kappa shape index (κ1) is 9.50. The Morgan fingerprint density at radius 2 is 2.40 bits per heavy atom. The van der Waals surface area contributed by atoms with Crippen molar-refractivity contribution in [2.75, 3.05) is 6.61 Å². The standard InChI is InChI=1S/C7H12ClNO/c1-2-3-6-9-10-7-4-5-8/h4-6H,2-3,7H2,1H3/b5-4+,9-6+. The highest BCUT2D eigenvalue weighted by Crippen LogP contribution is 1.84. The van der Waals surface area contributed by atoms with Gasteiger partial charge in [-0.05, 0) is 12.5 Å². The third-order valence-electron chi connectivity index (χ3n) is 0.827. The molecule has 0 saturated heterocycles. The minimum atomic E-state index is 0.448. The molecule has 0 unspecified atom stereocenters. The average molecular weight is 162 g/mol. The van der Waals surface area contributed by atoms with Gasteiger partial charge in [0.05, 0.1) is 0 Å². The van der Waals surface area contributed by atoms with Gasteiger partial charge in [-0.2, -0.15) is 0 Å². The van der Waals surface area contributed by atoms with E-state index in [9.17, 15) is 0 Å². The zero-order chi connectivity index (χ0) is 7.66. The monoisotopic (exact) mass is 161 g/mol.